The van der Waals surface area contributed by atoms with Gasteiger partial charge >= 0.3 is 5.97 Å². The van der Waals surface area contributed by atoms with E-state index in [0.717, 1.165) is 36.1 Å². The maximum absolute atomic E-state index is 13.1. The highest BCUT2D eigenvalue weighted by atomic mass is 16.5. The number of benzene rings is 1. The van der Waals surface area contributed by atoms with Gasteiger partial charge in [0.05, 0.1) is 0 Å². The van der Waals surface area contributed by atoms with Crippen LogP contribution in [0.2, 0.25) is 0 Å². The van der Waals surface area contributed by atoms with Crippen molar-refractivity contribution in [2.45, 2.75) is 46.1 Å². The van der Waals surface area contributed by atoms with Gasteiger partial charge in [0.15, 0.2) is 11.9 Å². The summed E-state index contributed by atoms with van der Waals surface area (Å²) in [6.07, 6.45) is 1.27. The molecular formula is C19H27NO4. The Balaban J connectivity index is 2.38. The van der Waals surface area contributed by atoms with E-state index in [1.165, 1.54) is 0 Å². The first-order valence-corrected chi connectivity index (χ1v) is 8.47. The highest BCUT2D eigenvalue weighted by Crippen LogP contribution is 2.37. The first-order chi connectivity index (χ1) is 11.3. The van der Waals surface area contributed by atoms with Gasteiger partial charge in [-0.3, -0.25) is 4.79 Å². The van der Waals surface area contributed by atoms with Crippen molar-refractivity contribution < 1.29 is 19.4 Å². The zero-order valence-corrected chi connectivity index (χ0v) is 15.2. The number of Topliss-reactive ketones (excluding diaryl/α,β-unsaturated/α-hetero) is 1. The van der Waals surface area contributed by atoms with E-state index in [-0.39, 0.29) is 11.7 Å². The van der Waals surface area contributed by atoms with Crippen LogP contribution in [0.1, 0.15) is 46.8 Å². The van der Waals surface area contributed by atoms with E-state index in [1.807, 2.05) is 38.9 Å². The van der Waals surface area contributed by atoms with Crippen molar-refractivity contribution in [2.24, 2.45) is 5.92 Å². The van der Waals surface area contributed by atoms with Gasteiger partial charge in [0.2, 0.25) is 0 Å². The van der Waals surface area contributed by atoms with E-state index in [1.54, 1.807) is 0 Å². The van der Waals surface area contributed by atoms with Crippen LogP contribution in [-0.4, -0.2) is 48.5 Å². The first-order valence-electron chi connectivity index (χ1n) is 8.47. The summed E-state index contributed by atoms with van der Waals surface area (Å²) < 4.78 is 5.57. The molecule has 0 radical (unpaired) electrons. The molecule has 1 heterocycles. The zero-order chi connectivity index (χ0) is 18.0. The normalized spacial score (nSPS) is 17.5. The van der Waals surface area contributed by atoms with Gasteiger partial charge < -0.3 is 14.7 Å². The van der Waals surface area contributed by atoms with Gasteiger partial charge in [-0.25, -0.2) is 4.79 Å². The Morgan fingerprint density at radius 1 is 1.33 bits per heavy atom. The van der Waals surface area contributed by atoms with E-state index >= 15 is 0 Å². The Labute approximate surface area is 143 Å². The number of carbonyl (C=O) groups excluding carboxylic acids is 1. The Bertz CT molecular complexity index is 651. The summed E-state index contributed by atoms with van der Waals surface area (Å²) in [4.78, 5) is 26.3. The summed E-state index contributed by atoms with van der Waals surface area (Å²) in [5.41, 5.74) is 3.31. The predicted octanol–water partition coefficient (Wildman–Crippen LogP) is 2.85. The molecule has 2 atom stereocenters. The number of ether oxygens (including phenoxy) is 1. The van der Waals surface area contributed by atoms with Gasteiger partial charge in [0.25, 0.3) is 0 Å². The van der Waals surface area contributed by atoms with Gasteiger partial charge in [0.1, 0.15) is 5.75 Å². The molecule has 0 saturated heterocycles. The van der Waals surface area contributed by atoms with E-state index in [0.29, 0.717) is 17.7 Å². The van der Waals surface area contributed by atoms with Crippen LogP contribution in [0.3, 0.4) is 0 Å². The molecule has 1 aromatic rings. The number of carboxylic acids is 1. The summed E-state index contributed by atoms with van der Waals surface area (Å²) in [5.74, 6) is -0.227. The summed E-state index contributed by atoms with van der Waals surface area (Å²) in [6.45, 7) is 6.62. The fraction of sp³-hybridized carbons (Fsp3) is 0.579. The molecule has 1 N–H and O–H groups in total. The second kappa shape index (κ2) is 7.34. The number of ketones is 1. The molecule has 0 aromatic heterocycles. The van der Waals surface area contributed by atoms with Crippen LogP contribution in [0.4, 0.5) is 0 Å². The summed E-state index contributed by atoms with van der Waals surface area (Å²) in [7, 11) is 3.95. The number of aliphatic carboxylic acids is 1. The summed E-state index contributed by atoms with van der Waals surface area (Å²) >= 11 is 0. The van der Waals surface area contributed by atoms with Crippen LogP contribution < -0.4 is 4.74 Å². The molecule has 0 aliphatic carbocycles. The highest BCUT2D eigenvalue weighted by molar-refractivity contribution is 6.00. The van der Waals surface area contributed by atoms with E-state index in [2.05, 4.69) is 6.92 Å². The average molecular weight is 333 g/mol. The maximum Gasteiger partial charge on any atom is 0.345 e. The van der Waals surface area contributed by atoms with Crippen LogP contribution in [0.25, 0.3) is 0 Å². The molecule has 0 fully saturated rings. The number of hydrogen-bond donors (Lipinski definition) is 1. The fourth-order valence-electron chi connectivity index (χ4n) is 3.37. The van der Waals surface area contributed by atoms with Gasteiger partial charge in [-0.1, -0.05) is 13.3 Å². The van der Waals surface area contributed by atoms with Crippen LogP contribution in [-0.2, 0) is 11.2 Å². The Morgan fingerprint density at radius 3 is 2.54 bits per heavy atom. The zero-order valence-electron chi connectivity index (χ0n) is 15.2. The molecule has 1 aliphatic heterocycles. The van der Waals surface area contributed by atoms with Crippen molar-refractivity contribution in [3.05, 3.63) is 28.3 Å². The van der Waals surface area contributed by atoms with Crippen molar-refractivity contribution in [3.63, 3.8) is 0 Å². The molecule has 0 saturated carbocycles. The monoisotopic (exact) mass is 333 g/mol. The Morgan fingerprint density at radius 2 is 2.00 bits per heavy atom. The van der Waals surface area contributed by atoms with E-state index in [4.69, 9.17) is 4.74 Å². The number of carboxylic acid groups (broad SMARTS) is 1. The Kier molecular flexibility index (Phi) is 5.65. The van der Waals surface area contributed by atoms with Crippen LogP contribution in [0, 0.1) is 19.8 Å². The second-order valence-electron chi connectivity index (χ2n) is 6.92. The third-order valence-corrected chi connectivity index (χ3v) is 4.72. The molecule has 24 heavy (non-hydrogen) atoms. The molecule has 1 aromatic carbocycles. The number of nitrogens with zero attached hydrogens (tertiary/aromatic N) is 1. The van der Waals surface area contributed by atoms with Crippen molar-refractivity contribution >= 4 is 11.8 Å². The minimum Gasteiger partial charge on any atom is -0.478 e. The second-order valence-corrected chi connectivity index (χ2v) is 6.92. The van der Waals surface area contributed by atoms with Gasteiger partial charge in [-0.2, -0.15) is 0 Å². The standard InChI is InChI=1S/C19H27NO4/c1-6-7-13(10-20(4)5)17(21)15-8-14-9-16(19(22)23)24-18(14)12(3)11(15)2/h8,13,16H,6-7,9-10H2,1-5H3,(H,22,23). The number of carbonyl (C=O) groups is 2. The molecular weight excluding hydrogens is 306 g/mol. The van der Waals surface area contributed by atoms with Crippen molar-refractivity contribution in [2.75, 3.05) is 20.6 Å². The molecule has 1 aliphatic rings. The molecule has 2 rings (SSSR count). The van der Waals surface area contributed by atoms with Crippen LogP contribution in [0.5, 0.6) is 5.75 Å². The van der Waals surface area contributed by atoms with E-state index < -0.39 is 12.1 Å². The van der Waals surface area contributed by atoms with Crippen LogP contribution in [0.15, 0.2) is 6.07 Å². The minimum absolute atomic E-state index is 0.0428. The lowest BCUT2D eigenvalue weighted by atomic mass is 9.87. The lowest BCUT2D eigenvalue weighted by Crippen LogP contribution is -2.28. The van der Waals surface area contributed by atoms with Crippen molar-refractivity contribution in [3.8, 4) is 5.75 Å². The lowest BCUT2D eigenvalue weighted by Gasteiger charge is -2.21. The summed E-state index contributed by atoms with van der Waals surface area (Å²) in [6, 6.07) is 1.85. The number of fused-ring (bicyclic) bond motifs is 1. The number of rotatable bonds is 7. The van der Waals surface area contributed by atoms with Crippen molar-refractivity contribution in [1.82, 2.24) is 4.90 Å². The van der Waals surface area contributed by atoms with Gasteiger partial charge in [-0.05, 0) is 57.1 Å². The Hall–Kier alpha value is -1.88. The molecule has 0 bridgehead atoms. The average Bonchev–Trinajstić information content (AvgIpc) is 2.94. The largest absolute Gasteiger partial charge is 0.478 e. The smallest absolute Gasteiger partial charge is 0.345 e. The van der Waals surface area contributed by atoms with Crippen molar-refractivity contribution in [1.29, 1.82) is 0 Å². The molecule has 0 spiro atoms. The third-order valence-electron chi connectivity index (χ3n) is 4.72. The molecule has 0 amide bonds. The molecule has 5 heteroatoms. The molecule has 132 valence electrons. The molecule has 2 unspecified atom stereocenters. The lowest BCUT2D eigenvalue weighted by molar-refractivity contribution is -0.144. The quantitative estimate of drug-likeness (QED) is 0.777. The number of hydrogen-bond acceptors (Lipinski definition) is 4. The third kappa shape index (κ3) is 3.61. The van der Waals surface area contributed by atoms with Crippen LogP contribution >= 0.6 is 0 Å². The first kappa shape index (κ1) is 18.5. The predicted molar refractivity (Wildman–Crippen MR) is 93.0 cm³/mol. The van der Waals surface area contributed by atoms with E-state index in [9.17, 15) is 14.7 Å². The topological polar surface area (TPSA) is 66.8 Å². The summed E-state index contributed by atoms with van der Waals surface area (Å²) in [5, 5.41) is 9.18. The molecule has 5 nitrogen and oxygen atoms in total. The maximum atomic E-state index is 13.1. The fourth-order valence-corrected chi connectivity index (χ4v) is 3.37. The van der Waals surface area contributed by atoms with Gasteiger partial charge in [-0.15, -0.1) is 0 Å². The van der Waals surface area contributed by atoms with Gasteiger partial charge in [0, 0.05) is 24.4 Å². The highest BCUT2D eigenvalue weighted by Gasteiger charge is 2.33. The SMILES string of the molecule is CCCC(CN(C)C)C(=O)c1cc2c(c(C)c1C)OC(C(=O)O)C2. The minimum atomic E-state index is -0.965.